The monoisotopic (exact) mass is 252 g/mol. The summed E-state index contributed by atoms with van der Waals surface area (Å²) in [5, 5.41) is 10.7. The molecule has 96 valence electrons. The van der Waals surface area contributed by atoms with Crippen LogP contribution in [-0.4, -0.2) is 22.9 Å². The third-order valence-corrected chi connectivity index (χ3v) is 2.33. The van der Waals surface area contributed by atoms with Gasteiger partial charge >= 0.3 is 5.97 Å². The maximum atomic E-state index is 11.6. The fraction of sp³-hybridized carbons (Fsp3) is 0.273. The van der Waals surface area contributed by atoms with Crippen LogP contribution in [0.25, 0.3) is 0 Å². The topological polar surface area (TPSA) is 113 Å². The van der Waals surface area contributed by atoms with Crippen LogP contribution in [0.15, 0.2) is 18.2 Å². The molecule has 7 heteroatoms. The van der Waals surface area contributed by atoms with Gasteiger partial charge in [-0.1, -0.05) is 6.07 Å². The molecule has 0 radical (unpaired) electrons. The van der Waals surface area contributed by atoms with E-state index in [9.17, 15) is 19.7 Å². The summed E-state index contributed by atoms with van der Waals surface area (Å²) in [6, 6.07) is 3.92. The molecule has 1 rings (SSSR count). The van der Waals surface area contributed by atoms with Crippen molar-refractivity contribution < 1.29 is 19.2 Å². The van der Waals surface area contributed by atoms with E-state index < -0.39 is 22.9 Å². The van der Waals surface area contributed by atoms with E-state index in [0.29, 0.717) is 5.56 Å². The second-order valence-corrected chi connectivity index (χ2v) is 3.71. The van der Waals surface area contributed by atoms with Crippen molar-refractivity contribution in [3.05, 3.63) is 39.4 Å². The number of rotatable bonds is 4. The van der Waals surface area contributed by atoms with E-state index in [-0.39, 0.29) is 11.3 Å². The van der Waals surface area contributed by atoms with Crippen LogP contribution in [0, 0.1) is 17.0 Å². The number of esters is 1. The SMILES string of the molecule is Cc1ccc(C(=O)O[C@@H](C)C(N)=O)cc1[N+](=O)[O-]. The predicted octanol–water partition coefficient (Wildman–Crippen LogP) is 0.934. The average Bonchev–Trinajstić information content (AvgIpc) is 2.28. The lowest BCUT2D eigenvalue weighted by molar-refractivity contribution is -0.385. The van der Waals surface area contributed by atoms with Crippen molar-refractivity contribution in [1.29, 1.82) is 0 Å². The Labute approximate surface area is 103 Å². The molecule has 0 spiro atoms. The molecule has 1 aromatic rings. The number of carbonyl (C=O) groups is 2. The van der Waals surface area contributed by atoms with Gasteiger partial charge in [0.25, 0.3) is 11.6 Å². The normalized spacial score (nSPS) is 11.7. The second kappa shape index (κ2) is 5.26. The van der Waals surface area contributed by atoms with Crippen LogP contribution in [0.5, 0.6) is 0 Å². The predicted molar refractivity (Wildman–Crippen MR) is 61.9 cm³/mol. The fourth-order valence-corrected chi connectivity index (χ4v) is 1.22. The molecule has 0 aromatic heterocycles. The van der Waals surface area contributed by atoms with E-state index in [1.54, 1.807) is 6.92 Å². The molecule has 0 unspecified atom stereocenters. The summed E-state index contributed by atoms with van der Waals surface area (Å²) in [7, 11) is 0. The molecule has 0 bridgehead atoms. The quantitative estimate of drug-likeness (QED) is 0.486. The Morgan fingerprint density at radius 3 is 2.56 bits per heavy atom. The Bertz CT molecular complexity index is 512. The highest BCUT2D eigenvalue weighted by Gasteiger charge is 2.19. The maximum absolute atomic E-state index is 11.6. The Kier molecular flexibility index (Phi) is 3.98. The number of amides is 1. The van der Waals surface area contributed by atoms with Gasteiger partial charge in [0, 0.05) is 11.6 Å². The molecule has 0 fully saturated rings. The molecule has 7 nitrogen and oxygen atoms in total. The van der Waals surface area contributed by atoms with Crippen LogP contribution in [0.4, 0.5) is 5.69 Å². The van der Waals surface area contributed by atoms with Gasteiger partial charge in [-0.2, -0.15) is 0 Å². The highest BCUT2D eigenvalue weighted by atomic mass is 16.6. The summed E-state index contributed by atoms with van der Waals surface area (Å²) in [5.41, 5.74) is 5.19. The number of aryl methyl sites for hydroxylation is 1. The zero-order valence-electron chi connectivity index (χ0n) is 9.88. The number of primary amides is 1. The molecule has 0 saturated carbocycles. The minimum Gasteiger partial charge on any atom is -0.449 e. The van der Waals surface area contributed by atoms with E-state index in [0.717, 1.165) is 6.07 Å². The van der Waals surface area contributed by atoms with Gasteiger partial charge in [-0.25, -0.2) is 4.79 Å². The van der Waals surface area contributed by atoms with Crippen molar-refractivity contribution >= 4 is 17.6 Å². The van der Waals surface area contributed by atoms with Crippen LogP contribution < -0.4 is 5.73 Å². The fourth-order valence-electron chi connectivity index (χ4n) is 1.22. The Morgan fingerprint density at radius 2 is 2.06 bits per heavy atom. The summed E-state index contributed by atoms with van der Waals surface area (Å²) in [4.78, 5) is 32.4. The first-order chi connectivity index (χ1) is 8.32. The molecule has 0 aliphatic carbocycles. The van der Waals surface area contributed by atoms with Crippen molar-refractivity contribution in [1.82, 2.24) is 0 Å². The van der Waals surface area contributed by atoms with Crippen LogP contribution in [0.2, 0.25) is 0 Å². The van der Waals surface area contributed by atoms with Gasteiger partial charge < -0.3 is 10.5 Å². The summed E-state index contributed by atoms with van der Waals surface area (Å²) in [6.07, 6.45) is -1.09. The Hall–Kier alpha value is -2.44. The second-order valence-electron chi connectivity index (χ2n) is 3.71. The van der Waals surface area contributed by atoms with Gasteiger partial charge in [-0.15, -0.1) is 0 Å². The van der Waals surface area contributed by atoms with Crippen LogP contribution in [-0.2, 0) is 9.53 Å². The van der Waals surface area contributed by atoms with Crippen molar-refractivity contribution in [2.75, 3.05) is 0 Å². The lowest BCUT2D eigenvalue weighted by Gasteiger charge is -2.09. The lowest BCUT2D eigenvalue weighted by Crippen LogP contribution is -2.30. The molecule has 1 aromatic carbocycles. The van der Waals surface area contributed by atoms with Crippen LogP contribution in [0.3, 0.4) is 0 Å². The summed E-state index contributed by atoms with van der Waals surface area (Å²) < 4.78 is 4.74. The highest BCUT2D eigenvalue weighted by molar-refractivity contribution is 5.92. The van der Waals surface area contributed by atoms with Crippen molar-refractivity contribution in [3.63, 3.8) is 0 Å². The zero-order valence-corrected chi connectivity index (χ0v) is 9.88. The standard InChI is InChI=1S/C11H12N2O5/c1-6-3-4-8(5-9(6)13(16)17)11(15)18-7(2)10(12)14/h3-5,7H,1-2H3,(H2,12,14)/t7-/m0/s1. The molecular formula is C11H12N2O5. The molecular weight excluding hydrogens is 240 g/mol. The van der Waals surface area contributed by atoms with E-state index in [2.05, 4.69) is 0 Å². The third-order valence-electron chi connectivity index (χ3n) is 2.33. The van der Waals surface area contributed by atoms with Gasteiger partial charge in [0.15, 0.2) is 6.10 Å². The minimum atomic E-state index is -1.09. The molecule has 0 aliphatic rings. The molecule has 0 aliphatic heterocycles. The molecule has 0 saturated heterocycles. The first kappa shape index (κ1) is 13.6. The van der Waals surface area contributed by atoms with Gasteiger partial charge in [0.2, 0.25) is 0 Å². The van der Waals surface area contributed by atoms with Crippen LogP contribution in [0.1, 0.15) is 22.8 Å². The number of nitrogens with zero attached hydrogens (tertiary/aromatic N) is 1. The number of ether oxygens (including phenoxy) is 1. The lowest BCUT2D eigenvalue weighted by atomic mass is 10.1. The molecule has 1 amide bonds. The summed E-state index contributed by atoms with van der Waals surface area (Å²) in [5.74, 6) is -1.62. The average molecular weight is 252 g/mol. The Balaban J connectivity index is 2.97. The number of nitro benzene ring substituents is 1. The van der Waals surface area contributed by atoms with Gasteiger partial charge in [0.05, 0.1) is 10.5 Å². The van der Waals surface area contributed by atoms with Gasteiger partial charge in [0.1, 0.15) is 0 Å². The van der Waals surface area contributed by atoms with Crippen molar-refractivity contribution in [3.8, 4) is 0 Å². The van der Waals surface area contributed by atoms with Crippen molar-refractivity contribution in [2.45, 2.75) is 20.0 Å². The van der Waals surface area contributed by atoms with Crippen LogP contribution >= 0.6 is 0 Å². The number of hydrogen-bond acceptors (Lipinski definition) is 5. The van der Waals surface area contributed by atoms with E-state index >= 15 is 0 Å². The third kappa shape index (κ3) is 3.03. The zero-order chi connectivity index (χ0) is 13.9. The number of nitro groups is 1. The van der Waals surface area contributed by atoms with E-state index in [4.69, 9.17) is 10.5 Å². The molecule has 18 heavy (non-hydrogen) atoms. The van der Waals surface area contributed by atoms with E-state index in [1.165, 1.54) is 19.1 Å². The number of benzene rings is 1. The van der Waals surface area contributed by atoms with Gasteiger partial charge in [-0.05, 0) is 19.9 Å². The highest BCUT2D eigenvalue weighted by Crippen LogP contribution is 2.19. The number of nitrogens with two attached hydrogens (primary N) is 1. The van der Waals surface area contributed by atoms with E-state index in [1.807, 2.05) is 0 Å². The number of carbonyl (C=O) groups excluding carboxylic acids is 2. The van der Waals surface area contributed by atoms with Crippen molar-refractivity contribution in [2.24, 2.45) is 5.73 Å². The van der Waals surface area contributed by atoms with Gasteiger partial charge in [-0.3, -0.25) is 14.9 Å². The molecule has 2 N–H and O–H groups in total. The number of hydrogen-bond donors (Lipinski definition) is 1. The first-order valence-corrected chi connectivity index (χ1v) is 5.08. The molecule has 0 heterocycles. The Morgan fingerprint density at radius 1 is 1.44 bits per heavy atom. The largest absolute Gasteiger partial charge is 0.449 e. The first-order valence-electron chi connectivity index (χ1n) is 5.08. The minimum absolute atomic E-state index is 0.000370. The summed E-state index contributed by atoms with van der Waals surface area (Å²) in [6.45, 7) is 2.88. The smallest absolute Gasteiger partial charge is 0.339 e. The molecule has 1 atom stereocenters. The summed E-state index contributed by atoms with van der Waals surface area (Å²) >= 11 is 0. The maximum Gasteiger partial charge on any atom is 0.339 e.